The third-order valence-electron chi connectivity index (χ3n) is 6.35. The Morgan fingerprint density at radius 3 is 2.48 bits per heavy atom. The Morgan fingerprint density at radius 1 is 1.07 bits per heavy atom. The first-order valence-electron chi connectivity index (χ1n) is 10.4. The SMILES string of the molecule is CC(C)[C@H](C)N1Cc2ccc(N[C@@H]3CCN(c4ccc(C#N)cc4)C3=O)cc2C1. The lowest BCUT2D eigenvalue weighted by atomic mass is 10.1. The van der Waals surface area contributed by atoms with Gasteiger partial charge >= 0.3 is 0 Å². The highest BCUT2D eigenvalue weighted by molar-refractivity contribution is 6.01. The van der Waals surface area contributed by atoms with Gasteiger partial charge in [0, 0.05) is 37.1 Å². The van der Waals surface area contributed by atoms with Gasteiger partial charge in [-0.2, -0.15) is 5.26 Å². The quantitative estimate of drug-likeness (QED) is 0.836. The van der Waals surface area contributed by atoms with Crippen LogP contribution in [-0.4, -0.2) is 29.4 Å². The first kappa shape index (κ1) is 19.5. The number of nitrogens with one attached hydrogen (secondary N) is 1. The molecule has 5 heteroatoms. The molecule has 0 bridgehead atoms. The van der Waals surface area contributed by atoms with Crippen molar-refractivity contribution in [1.82, 2.24) is 4.90 Å². The van der Waals surface area contributed by atoms with Crippen molar-refractivity contribution in [2.24, 2.45) is 5.92 Å². The molecular weight excluding hydrogens is 360 g/mol. The van der Waals surface area contributed by atoms with Crippen molar-refractivity contribution in [3.8, 4) is 6.07 Å². The molecule has 150 valence electrons. The number of fused-ring (bicyclic) bond motifs is 1. The van der Waals surface area contributed by atoms with Crippen molar-refractivity contribution in [3.05, 3.63) is 59.2 Å². The van der Waals surface area contributed by atoms with Crippen molar-refractivity contribution < 1.29 is 4.79 Å². The summed E-state index contributed by atoms with van der Waals surface area (Å²) in [7, 11) is 0. The molecule has 0 radical (unpaired) electrons. The van der Waals surface area contributed by atoms with Crippen LogP contribution in [0.3, 0.4) is 0 Å². The molecule has 2 aliphatic heterocycles. The second kappa shape index (κ2) is 7.88. The number of amides is 1. The monoisotopic (exact) mass is 388 g/mol. The maximum atomic E-state index is 12.9. The van der Waals surface area contributed by atoms with E-state index in [1.807, 2.05) is 12.1 Å². The topological polar surface area (TPSA) is 59.4 Å². The summed E-state index contributed by atoms with van der Waals surface area (Å²) in [5, 5.41) is 12.4. The summed E-state index contributed by atoms with van der Waals surface area (Å²) in [4.78, 5) is 17.2. The fraction of sp³-hybridized carbons (Fsp3) is 0.417. The van der Waals surface area contributed by atoms with E-state index in [1.165, 1.54) is 11.1 Å². The van der Waals surface area contributed by atoms with E-state index in [9.17, 15) is 4.79 Å². The average molecular weight is 389 g/mol. The second-order valence-corrected chi connectivity index (χ2v) is 8.51. The molecule has 1 N–H and O–H groups in total. The summed E-state index contributed by atoms with van der Waals surface area (Å²) < 4.78 is 0. The minimum Gasteiger partial charge on any atom is -0.374 e. The predicted octanol–water partition coefficient (Wildman–Crippen LogP) is 4.14. The molecule has 0 unspecified atom stereocenters. The lowest BCUT2D eigenvalue weighted by molar-refractivity contribution is -0.117. The van der Waals surface area contributed by atoms with Crippen LogP contribution in [0, 0.1) is 17.2 Å². The largest absolute Gasteiger partial charge is 0.374 e. The van der Waals surface area contributed by atoms with Gasteiger partial charge in [0.2, 0.25) is 5.91 Å². The van der Waals surface area contributed by atoms with Crippen LogP contribution in [-0.2, 0) is 17.9 Å². The van der Waals surface area contributed by atoms with Gasteiger partial charge < -0.3 is 10.2 Å². The molecule has 0 spiro atoms. The summed E-state index contributed by atoms with van der Waals surface area (Å²) in [5.41, 5.74) is 5.22. The summed E-state index contributed by atoms with van der Waals surface area (Å²) >= 11 is 0. The molecule has 2 aliphatic rings. The molecule has 29 heavy (non-hydrogen) atoms. The van der Waals surface area contributed by atoms with Crippen molar-refractivity contribution in [2.45, 2.75) is 52.4 Å². The molecule has 2 aromatic rings. The standard InChI is InChI=1S/C24H28N4O/c1-16(2)17(3)27-14-19-6-7-21(12-20(19)15-27)26-23-10-11-28(24(23)29)22-8-4-18(13-25)5-9-22/h4-9,12,16-17,23,26H,10-11,14-15H2,1-3H3/t17-,23+/m0/s1. The molecule has 1 saturated heterocycles. The van der Waals surface area contributed by atoms with Crippen LogP contribution >= 0.6 is 0 Å². The van der Waals surface area contributed by atoms with E-state index in [-0.39, 0.29) is 11.9 Å². The Balaban J connectivity index is 1.43. The third-order valence-corrected chi connectivity index (χ3v) is 6.35. The Labute approximate surface area is 172 Å². The van der Waals surface area contributed by atoms with Crippen LogP contribution in [0.4, 0.5) is 11.4 Å². The van der Waals surface area contributed by atoms with E-state index in [0.717, 1.165) is 30.9 Å². The lowest BCUT2D eigenvalue weighted by Crippen LogP contribution is -2.33. The molecule has 0 aromatic heterocycles. The number of carbonyl (C=O) groups excluding carboxylic acids is 1. The zero-order valence-electron chi connectivity index (χ0n) is 17.4. The van der Waals surface area contributed by atoms with Crippen molar-refractivity contribution in [1.29, 1.82) is 5.26 Å². The highest BCUT2D eigenvalue weighted by Crippen LogP contribution is 2.30. The van der Waals surface area contributed by atoms with Crippen molar-refractivity contribution >= 4 is 17.3 Å². The van der Waals surface area contributed by atoms with Crippen molar-refractivity contribution in [2.75, 3.05) is 16.8 Å². The summed E-state index contributed by atoms with van der Waals surface area (Å²) in [6.07, 6.45) is 0.770. The van der Waals surface area contributed by atoms with Gasteiger partial charge in [-0.25, -0.2) is 0 Å². The molecule has 1 amide bonds. The highest BCUT2D eigenvalue weighted by Gasteiger charge is 2.33. The van der Waals surface area contributed by atoms with Gasteiger partial charge in [0.1, 0.15) is 6.04 Å². The smallest absolute Gasteiger partial charge is 0.249 e. The highest BCUT2D eigenvalue weighted by atomic mass is 16.2. The molecule has 5 nitrogen and oxygen atoms in total. The molecular formula is C24H28N4O. The maximum Gasteiger partial charge on any atom is 0.249 e. The minimum atomic E-state index is -0.212. The fourth-order valence-electron chi connectivity index (χ4n) is 4.21. The number of benzene rings is 2. The second-order valence-electron chi connectivity index (χ2n) is 8.51. The van der Waals surface area contributed by atoms with Crippen LogP contribution in [0.25, 0.3) is 0 Å². The summed E-state index contributed by atoms with van der Waals surface area (Å²) in [6.45, 7) is 9.50. The zero-order chi connectivity index (χ0) is 20.5. The summed E-state index contributed by atoms with van der Waals surface area (Å²) in [5.74, 6) is 0.719. The lowest BCUT2D eigenvalue weighted by Gasteiger charge is -2.26. The number of hydrogen-bond donors (Lipinski definition) is 1. The van der Waals surface area contributed by atoms with E-state index in [2.05, 4.69) is 55.3 Å². The summed E-state index contributed by atoms with van der Waals surface area (Å²) in [6, 6.07) is 16.2. The van der Waals surface area contributed by atoms with Gasteiger partial charge in [-0.05, 0) is 66.8 Å². The molecule has 1 fully saturated rings. The van der Waals surface area contributed by atoms with Crippen molar-refractivity contribution in [3.63, 3.8) is 0 Å². The fourth-order valence-corrected chi connectivity index (χ4v) is 4.21. The molecule has 0 aliphatic carbocycles. The maximum absolute atomic E-state index is 12.9. The molecule has 2 aromatic carbocycles. The number of carbonyl (C=O) groups is 1. The Bertz CT molecular complexity index is 944. The van der Waals surface area contributed by atoms with Gasteiger partial charge in [-0.3, -0.25) is 9.69 Å². The van der Waals surface area contributed by atoms with Gasteiger partial charge in [-0.15, -0.1) is 0 Å². The van der Waals surface area contributed by atoms with Crippen LogP contribution in [0.1, 0.15) is 43.9 Å². The van der Waals surface area contributed by atoms with E-state index in [0.29, 0.717) is 24.1 Å². The van der Waals surface area contributed by atoms with Gasteiger partial charge in [-0.1, -0.05) is 19.9 Å². The van der Waals surface area contributed by atoms with E-state index in [1.54, 1.807) is 17.0 Å². The van der Waals surface area contributed by atoms with Gasteiger partial charge in [0.15, 0.2) is 0 Å². The van der Waals surface area contributed by atoms with Crippen LogP contribution in [0.15, 0.2) is 42.5 Å². The number of nitriles is 1. The minimum absolute atomic E-state index is 0.0882. The molecule has 2 atom stereocenters. The van der Waals surface area contributed by atoms with Crippen LogP contribution in [0.5, 0.6) is 0 Å². The van der Waals surface area contributed by atoms with Gasteiger partial charge in [0.25, 0.3) is 0 Å². The number of hydrogen-bond acceptors (Lipinski definition) is 4. The molecule has 4 rings (SSSR count). The number of nitrogens with zero attached hydrogens (tertiary/aromatic N) is 3. The third kappa shape index (κ3) is 3.86. The van der Waals surface area contributed by atoms with Crippen LogP contribution in [0.2, 0.25) is 0 Å². The average Bonchev–Trinajstić information content (AvgIpc) is 3.31. The zero-order valence-corrected chi connectivity index (χ0v) is 17.4. The molecule has 0 saturated carbocycles. The number of anilines is 2. The normalized spacial score (nSPS) is 20.0. The Hall–Kier alpha value is -2.84. The van der Waals surface area contributed by atoms with E-state index in [4.69, 9.17) is 5.26 Å². The Morgan fingerprint density at radius 2 is 1.79 bits per heavy atom. The first-order chi connectivity index (χ1) is 14.0. The Kier molecular flexibility index (Phi) is 5.29. The first-order valence-corrected chi connectivity index (χ1v) is 10.4. The van der Waals surface area contributed by atoms with E-state index < -0.39 is 0 Å². The molecule has 2 heterocycles. The van der Waals surface area contributed by atoms with Crippen LogP contribution < -0.4 is 10.2 Å². The number of rotatable bonds is 5. The predicted molar refractivity (Wildman–Crippen MR) is 116 cm³/mol. The van der Waals surface area contributed by atoms with E-state index >= 15 is 0 Å². The van der Waals surface area contributed by atoms with Gasteiger partial charge in [0.05, 0.1) is 11.6 Å².